The highest BCUT2D eigenvalue weighted by Gasteiger charge is 2.19. The number of nitrogens with zero attached hydrogens (tertiary/aromatic N) is 2. The SMILES string of the molecule is O=C1CCC(=O)Oc2nnc(c3ccccc23)O1. The van der Waals surface area contributed by atoms with Gasteiger partial charge in [0.05, 0.1) is 23.6 Å². The first-order valence-electron chi connectivity index (χ1n) is 5.41. The van der Waals surface area contributed by atoms with Crippen molar-refractivity contribution in [3.05, 3.63) is 24.3 Å². The molecule has 6 heteroatoms. The third-order valence-electron chi connectivity index (χ3n) is 2.57. The third-order valence-corrected chi connectivity index (χ3v) is 2.57. The third kappa shape index (κ3) is 1.77. The highest BCUT2D eigenvalue weighted by atomic mass is 16.6. The molecule has 4 rings (SSSR count). The van der Waals surface area contributed by atoms with Crippen LogP contribution in [-0.2, 0) is 9.59 Å². The second-order valence-electron chi connectivity index (χ2n) is 3.80. The molecule has 0 atom stereocenters. The minimum Gasteiger partial charge on any atom is -0.405 e. The number of hydrogen-bond donors (Lipinski definition) is 0. The maximum absolute atomic E-state index is 11.5. The number of fused-ring (bicyclic) bond motifs is 6. The average molecular weight is 244 g/mol. The lowest BCUT2D eigenvalue weighted by Gasteiger charge is -2.11. The zero-order valence-electron chi connectivity index (χ0n) is 9.25. The van der Waals surface area contributed by atoms with Crippen molar-refractivity contribution in [1.29, 1.82) is 0 Å². The van der Waals surface area contributed by atoms with E-state index in [1.807, 2.05) is 0 Å². The van der Waals surface area contributed by atoms with Gasteiger partial charge in [-0.2, -0.15) is 0 Å². The van der Waals surface area contributed by atoms with Crippen LogP contribution in [0.25, 0.3) is 10.8 Å². The van der Waals surface area contributed by atoms with Gasteiger partial charge in [0.1, 0.15) is 0 Å². The molecule has 90 valence electrons. The monoisotopic (exact) mass is 244 g/mol. The standard InChI is InChI=1S/C12H8N2O4/c15-9-5-6-10(16)18-12-8-4-2-1-3-7(8)11(17-9)13-14-12/h1-4H,5-6H2. The molecule has 6 nitrogen and oxygen atoms in total. The van der Waals surface area contributed by atoms with Crippen LogP contribution in [0.1, 0.15) is 12.8 Å². The summed E-state index contributed by atoms with van der Waals surface area (Å²) in [6.07, 6.45) is -0.0688. The summed E-state index contributed by atoms with van der Waals surface area (Å²) >= 11 is 0. The minimum atomic E-state index is -0.527. The molecule has 2 bridgehead atoms. The second-order valence-corrected chi connectivity index (χ2v) is 3.80. The van der Waals surface area contributed by atoms with Crippen LogP contribution in [0.3, 0.4) is 0 Å². The van der Waals surface area contributed by atoms with Crippen molar-refractivity contribution in [2.75, 3.05) is 0 Å². The predicted molar refractivity (Wildman–Crippen MR) is 60.0 cm³/mol. The Hall–Kier alpha value is -2.50. The Morgan fingerprint density at radius 2 is 1.28 bits per heavy atom. The number of rotatable bonds is 0. The summed E-state index contributed by atoms with van der Waals surface area (Å²) in [7, 11) is 0. The molecule has 1 aromatic heterocycles. The van der Waals surface area contributed by atoms with Crippen LogP contribution in [0, 0.1) is 0 Å². The number of carbonyl (C=O) groups excluding carboxylic acids is 2. The lowest BCUT2D eigenvalue weighted by Crippen LogP contribution is -2.18. The van der Waals surface area contributed by atoms with Crippen molar-refractivity contribution in [3.8, 4) is 11.8 Å². The average Bonchev–Trinajstić information content (AvgIpc) is 2.39. The smallest absolute Gasteiger partial charge is 0.313 e. The first-order chi connectivity index (χ1) is 8.74. The van der Waals surface area contributed by atoms with Crippen molar-refractivity contribution in [2.45, 2.75) is 12.8 Å². The number of carbonyl (C=O) groups is 2. The van der Waals surface area contributed by atoms with E-state index in [0.717, 1.165) is 0 Å². The summed E-state index contributed by atoms with van der Waals surface area (Å²) in [5.74, 6) is -0.781. The van der Waals surface area contributed by atoms with Gasteiger partial charge in [0.25, 0.3) is 0 Å². The molecule has 18 heavy (non-hydrogen) atoms. The van der Waals surface area contributed by atoms with E-state index in [0.29, 0.717) is 10.8 Å². The fourth-order valence-corrected chi connectivity index (χ4v) is 1.73. The molecular weight excluding hydrogens is 236 g/mol. The molecule has 2 aliphatic heterocycles. The summed E-state index contributed by atoms with van der Waals surface area (Å²) in [6.45, 7) is 0. The summed E-state index contributed by atoms with van der Waals surface area (Å²) in [5, 5.41) is 8.70. The number of aromatic nitrogens is 2. The molecule has 0 saturated heterocycles. The molecule has 0 aliphatic carbocycles. The highest BCUT2D eigenvalue weighted by molar-refractivity contribution is 5.94. The molecule has 3 heterocycles. The Kier molecular flexibility index (Phi) is 2.40. The number of esters is 2. The number of hydrogen-bond acceptors (Lipinski definition) is 6. The van der Waals surface area contributed by atoms with Gasteiger partial charge in [0.15, 0.2) is 0 Å². The van der Waals surface area contributed by atoms with E-state index in [1.165, 1.54) is 0 Å². The largest absolute Gasteiger partial charge is 0.405 e. The van der Waals surface area contributed by atoms with E-state index >= 15 is 0 Å². The fraction of sp³-hybridized carbons (Fsp3) is 0.167. The van der Waals surface area contributed by atoms with Gasteiger partial charge in [-0.3, -0.25) is 9.59 Å². The van der Waals surface area contributed by atoms with E-state index in [4.69, 9.17) is 9.47 Å². The lowest BCUT2D eigenvalue weighted by molar-refractivity contribution is -0.141. The highest BCUT2D eigenvalue weighted by Crippen LogP contribution is 2.29. The van der Waals surface area contributed by atoms with Crippen LogP contribution in [0.4, 0.5) is 0 Å². The van der Waals surface area contributed by atoms with E-state index in [1.54, 1.807) is 24.3 Å². The van der Waals surface area contributed by atoms with Gasteiger partial charge in [-0.1, -0.05) is 12.1 Å². The zero-order chi connectivity index (χ0) is 12.5. The lowest BCUT2D eigenvalue weighted by atomic mass is 10.2. The molecule has 0 unspecified atom stereocenters. The van der Waals surface area contributed by atoms with Crippen molar-refractivity contribution in [2.24, 2.45) is 0 Å². The topological polar surface area (TPSA) is 78.4 Å². The Labute approximate surface area is 102 Å². The van der Waals surface area contributed by atoms with Gasteiger partial charge in [0, 0.05) is 0 Å². The van der Waals surface area contributed by atoms with E-state index in [2.05, 4.69) is 10.2 Å². The molecule has 1 aromatic carbocycles. The molecule has 0 radical (unpaired) electrons. The van der Waals surface area contributed by atoms with Gasteiger partial charge >= 0.3 is 11.9 Å². The molecular formula is C12H8N2O4. The zero-order valence-corrected chi connectivity index (χ0v) is 9.25. The van der Waals surface area contributed by atoms with Crippen molar-refractivity contribution in [3.63, 3.8) is 0 Å². The van der Waals surface area contributed by atoms with Gasteiger partial charge < -0.3 is 9.47 Å². The van der Waals surface area contributed by atoms with Gasteiger partial charge in [0.2, 0.25) is 11.8 Å². The Morgan fingerprint density at radius 1 is 0.833 bits per heavy atom. The summed E-state index contributed by atoms with van der Waals surface area (Å²) in [5.41, 5.74) is 0. The van der Waals surface area contributed by atoms with Gasteiger partial charge in [-0.05, 0) is 12.1 Å². The van der Waals surface area contributed by atoms with E-state index < -0.39 is 11.9 Å². The summed E-state index contributed by atoms with van der Waals surface area (Å²) in [6, 6.07) is 7.01. The van der Waals surface area contributed by atoms with Crippen LogP contribution in [-0.4, -0.2) is 22.1 Å². The maximum atomic E-state index is 11.5. The fourth-order valence-electron chi connectivity index (χ4n) is 1.73. The normalized spacial score (nSPS) is 15.3. The first kappa shape index (κ1) is 10.6. The van der Waals surface area contributed by atoms with Crippen molar-refractivity contribution < 1.29 is 19.1 Å². The molecule has 0 amide bonds. The van der Waals surface area contributed by atoms with Crippen molar-refractivity contribution >= 4 is 22.7 Å². The van der Waals surface area contributed by atoms with Gasteiger partial charge in [-0.25, -0.2) is 0 Å². The Morgan fingerprint density at radius 3 is 1.72 bits per heavy atom. The minimum absolute atomic E-state index is 0.0344. The van der Waals surface area contributed by atoms with Crippen LogP contribution in [0.5, 0.6) is 11.8 Å². The molecule has 0 N–H and O–H groups in total. The van der Waals surface area contributed by atoms with Crippen molar-refractivity contribution in [1.82, 2.24) is 10.2 Å². The van der Waals surface area contributed by atoms with Crippen LogP contribution in [0.15, 0.2) is 24.3 Å². The molecule has 0 saturated carbocycles. The van der Waals surface area contributed by atoms with Crippen LogP contribution >= 0.6 is 0 Å². The summed E-state index contributed by atoms with van der Waals surface area (Å²) in [4.78, 5) is 23.0. The van der Waals surface area contributed by atoms with E-state index in [-0.39, 0.29) is 24.6 Å². The number of benzene rings is 1. The molecule has 0 fully saturated rings. The second kappa shape index (κ2) is 4.06. The number of ether oxygens (including phenoxy) is 2. The molecule has 0 spiro atoms. The molecule has 2 aromatic rings. The van der Waals surface area contributed by atoms with Crippen LogP contribution in [0.2, 0.25) is 0 Å². The quantitative estimate of drug-likeness (QED) is 0.648. The predicted octanol–water partition coefficient (Wildman–Crippen LogP) is 1.23. The Bertz CT molecular complexity index is 597. The van der Waals surface area contributed by atoms with Gasteiger partial charge in [-0.15, -0.1) is 10.2 Å². The van der Waals surface area contributed by atoms with E-state index in [9.17, 15) is 9.59 Å². The Balaban J connectivity index is 2.26. The summed E-state index contributed by atoms with van der Waals surface area (Å²) < 4.78 is 10.2. The first-order valence-corrected chi connectivity index (χ1v) is 5.41. The van der Waals surface area contributed by atoms with Crippen LogP contribution < -0.4 is 9.47 Å². The maximum Gasteiger partial charge on any atom is 0.313 e. The molecule has 2 aliphatic rings.